The fourth-order valence-electron chi connectivity index (χ4n) is 3.37. The van der Waals surface area contributed by atoms with Gasteiger partial charge < -0.3 is 10.6 Å². The van der Waals surface area contributed by atoms with Gasteiger partial charge in [0, 0.05) is 34.4 Å². The van der Waals surface area contributed by atoms with Crippen LogP contribution in [0.3, 0.4) is 0 Å². The Labute approximate surface area is 170 Å². The number of fused-ring (bicyclic) bond motifs is 1. The van der Waals surface area contributed by atoms with Crippen molar-refractivity contribution in [3.05, 3.63) is 58.8 Å². The molecule has 6 nitrogen and oxygen atoms in total. The number of carbonyl (C=O) groups is 2. The van der Waals surface area contributed by atoms with E-state index in [-0.39, 0.29) is 11.8 Å². The van der Waals surface area contributed by atoms with Crippen LogP contribution in [-0.4, -0.2) is 34.4 Å². The van der Waals surface area contributed by atoms with Crippen LogP contribution in [0.2, 0.25) is 0 Å². The molecule has 1 fully saturated rings. The molecule has 2 amide bonds. The highest BCUT2D eigenvalue weighted by atomic mass is 79.9. The monoisotopic (exact) mass is 438 g/mol. The molecule has 0 bridgehead atoms. The van der Waals surface area contributed by atoms with Crippen LogP contribution >= 0.6 is 15.9 Å². The molecule has 3 heterocycles. The lowest BCUT2D eigenvalue weighted by molar-refractivity contribution is -0.122. The second-order valence-electron chi connectivity index (χ2n) is 6.77. The summed E-state index contributed by atoms with van der Waals surface area (Å²) in [6, 6.07) is 10.6. The summed E-state index contributed by atoms with van der Waals surface area (Å²) in [5.74, 6) is -0.400. The second kappa shape index (κ2) is 8.06. The highest BCUT2D eigenvalue weighted by molar-refractivity contribution is 9.10. The third kappa shape index (κ3) is 3.89. The third-order valence-corrected chi connectivity index (χ3v) is 5.33. The van der Waals surface area contributed by atoms with Crippen LogP contribution in [0.5, 0.6) is 0 Å². The van der Waals surface area contributed by atoms with Gasteiger partial charge >= 0.3 is 0 Å². The van der Waals surface area contributed by atoms with Gasteiger partial charge in [0.2, 0.25) is 5.91 Å². The molecule has 1 saturated heterocycles. The van der Waals surface area contributed by atoms with E-state index in [9.17, 15) is 9.59 Å². The van der Waals surface area contributed by atoms with Crippen LogP contribution in [0.1, 0.15) is 29.6 Å². The van der Waals surface area contributed by atoms with Crippen LogP contribution < -0.4 is 10.6 Å². The fraction of sp³-hybridized carbons (Fsp3) is 0.238. The average Bonchev–Trinajstić information content (AvgIpc) is 2.92. The Balaban J connectivity index is 1.76. The summed E-state index contributed by atoms with van der Waals surface area (Å²) < 4.78 is 0.861. The van der Waals surface area contributed by atoms with E-state index in [4.69, 9.17) is 4.98 Å². The lowest BCUT2D eigenvalue weighted by Gasteiger charge is -2.17. The third-order valence-electron chi connectivity index (χ3n) is 4.83. The van der Waals surface area contributed by atoms with Gasteiger partial charge in [0.1, 0.15) is 6.04 Å². The number of carbonyl (C=O) groups excluding carboxylic acids is 2. The molecule has 1 aromatic carbocycles. The molecule has 3 aromatic rings. The summed E-state index contributed by atoms with van der Waals surface area (Å²) in [4.78, 5) is 34.1. The molecule has 0 spiro atoms. The van der Waals surface area contributed by atoms with E-state index in [0.717, 1.165) is 28.3 Å². The Morgan fingerprint density at radius 1 is 1.14 bits per heavy atom. The van der Waals surface area contributed by atoms with Gasteiger partial charge in [-0.2, -0.15) is 0 Å². The van der Waals surface area contributed by atoms with Crippen molar-refractivity contribution in [2.45, 2.75) is 25.3 Å². The molecule has 1 aliphatic rings. The van der Waals surface area contributed by atoms with Crippen molar-refractivity contribution in [2.24, 2.45) is 0 Å². The lowest BCUT2D eigenvalue weighted by Crippen LogP contribution is -2.45. The SMILES string of the molecule is O=C(N[C@@H]1CCCCNC1=O)c1cc(-c2ccncc2)nc2ccc(Br)cc12. The molecule has 4 rings (SSSR count). The van der Waals surface area contributed by atoms with Crippen LogP contribution in [0.25, 0.3) is 22.2 Å². The number of rotatable bonds is 3. The number of amides is 2. The zero-order valence-corrected chi connectivity index (χ0v) is 16.7. The molecule has 1 aliphatic heterocycles. The summed E-state index contributed by atoms with van der Waals surface area (Å²) in [5.41, 5.74) is 2.77. The highest BCUT2D eigenvalue weighted by Gasteiger charge is 2.24. The quantitative estimate of drug-likeness (QED) is 0.655. The molecular formula is C21H19BrN4O2. The van der Waals surface area contributed by atoms with E-state index >= 15 is 0 Å². The van der Waals surface area contributed by atoms with Crippen molar-refractivity contribution in [1.29, 1.82) is 0 Å². The Hall–Kier alpha value is -2.80. The maximum Gasteiger partial charge on any atom is 0.252 e. The zero-order chi connectivity index (χ0) is 19.5. The molecular weight excluding hydrogens is 420 g/mol. The summed E-state index contributed by atoms with van der Waals surface area (Å²) in [6.07, 6.45) is 5.85. The van der Waals surface area contributed by atoms with E-state index < -0.39 is 6.04 Å². The minimum Gasteiger partial charge on any atom is -0.354 e. The molecule has 1 atom stereocenters. The highest BCUT2D eigenvalue weighted by Crippen LogP contribution is 2.27. The van der Waals surface area contributed by atoms with Gasteiger partial charge in [0.15, 0.2) is 0 Å². The largest absolute Gasteiger partial charge is 0.354 e. The average molecular weight is 439 g/mol. The van der Waals surface area contributed by atoms with Gasteiger partial charge in [0.25, 0.3) is 5.91 Å². The Morgan fingerprint density at radius 2 is 1.96 bits per heavy atom. The molecule has 0 aliphatic carbocycles. The number of pyridine rings is 2. The van der Waals surface area contributed by atoms with Gasteiger partial charge in [-0.1, -0.05) is 15.9 Å². The number of hydrogen-bond donors (Lipinski definition) is 2. The first-order chi connectivity index (χ1) is 13.6. The van der Waals surface area contributed by atoms with E-state index in [1.807, 2.05) is 30.3 Å². The smallest absolute Gasteiger partial charge is 0.252 e. The van der Waals surface area contributed by atoms with Crippen molar-refractivity contribution in [3.8, 4) is 11.3 Å². The summed E-state index contributed by atoms with van der Waals surface area (Å²) >= 11 is 3.47. The number of nitrogens with one attached hydrogen (secondary N) is 2. The predicted molar refractivity (Wildman–Crippen MR) is 111 cm³/mol. The van der Waals surface area contributed by atoms with Crippen LogP contribution in [0.15, 0.2) is 53.3 Å². The molecule has 2 aromatic heterocycles. The number of halogens is 1. The molecule has 7 heteroatoms. The van der Waals surface area contributed by atoms with E-state index in [2.05, 4.69) is 31.5 Å². The molecule has 2 N–H and O–H groups in total. The molecule has 0 unspecified atom stereocenters. The maximum atomic E-state index is 13.1. The summed E-state index contributed by atoms with van der Waals surface area (Å²) in [5, 5.41) is 6.50. The van der Waals surface area contributed by atoms with Crippen molar-refractivity contribution in [2.75, 3.05) is 6.54 Å². The first kappa shape index (κ1) is 18.6. The molecule has 0 radical (unpaired) electrons. The molecule has 28 heavy (non-hydrogen) atoms. The lowest BCUT2D eigenvalue weighted by atomic mass is 10.0. The van der Waals surface area contributed by atoms with Gasteiger partial charge in [0.05, 0.1) is 16.8 Å². The summed E-state index contributed by atoms with van der Waals surface area (Å²) in [7, 11) is 0. The number of hydrogen-bond acceptors (Lipinski definition) is 4. The van der Waals surface area contributed by atoms with Crippen molar-refractivity contribution < 1.29 is 9.59 Å². The van der Waals surface area contributed by atoms with Crippen LogP contribution in [-0.2, 0) is 4.79 Å². The Morgan fingerprint density at radius 3 is 2.79 bits per heavy atom. The second-order valence-corrected chi connectivity index (χ2v) is 7.68. The number of nitrogens with zero attached hydrogens (tertiary/aromatic N) is 2. The van der Waals surface area contributed by atoms with E-state index in [1.54, 1.807) is 18.5 Å². The minimum atomic E-state index is -0.519. The number of aromatic nitrogens is 2. The first-order valence-corrected chi connectivity index (χ1v) is 10.0. The van der Waals surface area contributed by atoms with E-state index in [0.29, 0.717) is 29.7 Å². The number of benzene rings is 1. The fourth-order valence-corrected chi connectivity index (χ4v) is 3.73. The van der Waals surface area contributed by atoms with Gasteiger partial charge in [-0.15, -0.1) is 0 Å². The molecule has 142 valence electrons. The first-order valence-electron chi connectivity index (χ1n) is 9.21. The van der Waals surface area contributed by atoms with Crippen molar-refractivity contribution >= 4 is 38.6 Å². The predicted octanol–water partition coefficient (Wildman–Crippen LogP) is 3.46. The molecule has 0 saturated carbocycles. The van der Waals surface area contributed by atoms with Crippen LogP contribution in [0.4, 0.5) is 0 Å². The van der Waals surface area contributed by atoms with Crippen LogP contribution in [0, 0.1) is 0 Å². The minimum absolute atomic E-state index is 0.125. The van der Waals surface area contributed by atoms with Crippen molar-refractivity contribution in [3.63, 3.8) is 0 Å². The normalized spacial score (nSPS) is 17.0. The Kier molecular flexibility index (Phi) is 5.34. The van der Waals surface area contributed by atoms with E-state index in [1.165, 1.54) is 0 Å². The van der Waals surface area contributed by atoms with Gasteiger partial charge in [-0.25, -0.2) is 4.98 Å². The zero-order valence-electron chi connectivity index (χ0n) is 15.1. The Bertz CT molecular complexity index is 1040. The van der Waals surface area contributed by atoms with Crippen molar-refractivity contribution in [1.82, 2.24) is 20.6 Å². The summed E-state index contributed by atoms with van der Waals surface area (Å²) in [6.45, 7) is 0.655. The maximum absolute atomic E-state index is 13.1. The van der Waals surface area contributed by atoms with Gasteiger partial charge in [-0.3, -0.25) is 14.6 Å². The van der Waals surface area contributed by atoms with Gasteiger partial charge in [-0.05, 0) is 55.7 Å². The topological polar surface area (TPSA) is 84.0 Å². The standard InChI is InChI=1S/C21H19BrN4O2/c22-14-4-5-17-15(11-14)16(12-19(25-17)13-6-9-23-10-7-13)20(27)26-18-3-1-2-8-24-21(18)28/h4-7,9-12,18H,1-3,8H2,(H,24,28)(H,26,27)/t18-/m1/s1.